The molecular formula is C13H14N4O3. The zero-order valence-corrected chi connectivity index (χ0v) is 10.9. The fourth-order valence-corrected chi connectivity index (χ4v) is 1.71. The molecule has 2 rings (SSSR count). The van der Waals surface area contributed by atoms with E-state index in [9.17, 15) is 14.9 Å². The van der Waals surface area contributed by atoms with Crippen molar-refractivity contribution in [2.75, 3.05) is 0 Å². The summed E-state index contributed by atoms with van der Waals surface area (Å²) in [6.45, 7) is 3.02. The summed E-state index contributed by atoms with van der Waals surface area (Å²) in [5.41, 5.74) is 0.896. The van der Waals surface area contributed by atoms with Crippen molar-refractivity contribution in [3.63, 3.8) is 0 Å². The Morgan fingerprint density at radius 1 is 1.45 bits per heavy atom. The number of nitro benzene ring substituents is 1. The maximum Gasteiger partial charge on any atom is 0.270 e. The Labute approximate surface area is 115 Å². The van der Waals surface area contributed by atoms with Gasteiger partial charge in [-0.1, -0.05) is 6.07 Å². The Hall–Kier alpha value is -2.70. The zero-order chi connectivity index (χ0) is 14.5. The smallest absolute Gasteiger partial charge is 0.270 e. The number of nitro groups is 1. The van der Waals surface area contributed by atoms with E-state index in [-0.39, 0.29) is 23.7 Å². The summed E-state index contributed by atoms with van der Waals surface area (Å²) in [7, 11) is 0. The molecule has 0 saturated carbocycles. The van der Waals surface area contributed by atoms with Crippen molar-refractivity contribution in [2.24, 2.45) is 0 Å². The molecule has 20 heavy (non-hydrogen) atoms. The molecule has 2 aromatic rings. The third-order valence-corrected chi connectivity index (χ3v) is 2.77. The van der Waals surface area contributed by atoms with E-state index < -0.39 is 4.92 Å². The minimum Gasteiger partial charge on any atom is -0.346 e. The van der Waals surface area contributed by atoms with Gasteiger partial charge in [0.15, 0.2) is 0 Å². The van der Waals surface area contributed by atoms with E-state index >= 15 is 0 Å². The Balaban J connectivity index is 2.01. The van der Waals surface area contributed by atoms with Crippen molar-refractivity contribution in [3.05, 3.63) is 57.9 Å². The first-order valence-corrected chi connectivity index (χ1v) is 6.15. The minimum absolute atomic E-state index is 0.104. The fraction of sp³-hybridized carbons (Fsp3) is 0.231. The number of aromatic nitrogens is 2. The third kappa shape index (κ3) is 3.19. The molecule has 0 atom stereocenters. The first-order chi connectivity index (χ1) is 9.60. The van der Waals surface area contributed by atoms with Gasteiger partial charge >= 0.3 is 0 Å². The molecule has 7 heteroatoms. The lowest BCUT2D eigenvalue weighted by molar-refractivity contribution is -0.384. The van der Waals surface area contributed by atoms with Crippen LogP contribution in [0, 0.1) is 10.1 Å². The molecule has 1 N–H and O–H groups in total. The molecule has 0 aliphatic heterocycles. The molecule has 7 nitrogen and oxygen atoms in total. The van der Waals surface area contributed by atoms with Crippen LogP contribution in [0.5, 0.6) is 0 Å². The second-order valence-electron chi connectivity index (χ2n) is 4.15. The number of rotatable bonds is 5. The predicted molar refractivity (Wildman–Crippen MR) is 72.2 cm³/mol. The number of hydrogen-bond donors (Lipinski definition) is 1. The largest absolute Gasteiger partial charge is 0.346 e. The van der Waals surface area contributed by atoms with Gasteiger partial charge in [0.1, 0.15) is 0 Å². The van der Waals surface area contributed by atoms with Gasteiger partial charge in [0.05, 0.1) is 17.2 Å². The molecule has 0 unspecified atom stereocenters. The second kappa shape index (κ2) is 5.96. The van der Waals surface area contributed by atoms with Gasteiger partial charge in [-0.15, -0.1) is 0 Å². The van der Waals surface area contributed by atoms with Gasteiger partial charge in [0.2, 0.25) is 0 Å². The minimum atomic E-state index is -0.528. The van der Waals surface area contributed by atoms with E-state index in [0.29, 0.717) is 0 Å². The SMILES string of the molecule is CCn1ccc(CNC(=O)c2cccc([N+](=O)[O-])c2)n1. The molecule has 1 aromatic carbocycles. The number of carbonyl (C=O) groups excluding carboxylic acids is 1. The standard InChI is InChI=1S/C13H14N4O3/c1-2-16-7-6-11(15-16)9-14-13(18)10-4-3-5-12(8-10)17(19)20/h3-8H,2,9H2,1H3,(H,14,18). The highest BCUT2D eigenvalue weighted by Crippen LogP contribution is 2.13. The molecule has 1 heterocycles. The molecular weight excluding hydrogens is 260 g/mol. The summed E-state index contributed by atoms with van der Waals surface area (Å²) >= 11 is 0. The van der Waals surface area contributed by atoms with Crippen molar-refractivity contribution in [2.45, 2.75) is 20.0 Å². The lowest BCUT2D eigenvalue weighted by Crippen LogP contribution is -2.23. The molecule has 0 saturated heterocycles. The normalized spacial score (nSPS) is 10.2. The van der Waals surface area contributed by atoms with Crippen LogP contribution in [0.4, 0.5) is 5.69 Å². The summed E-state index contributed by atoms with van der Waals surface area (Å²) < 4.78 is 1.76. The number of non-ortho nitro benzene ring substituents is 1. The van der Waals surface area contributed by atoms with Gasteiger partial charge in [-0.25, -0.2) is 0 Å². The predicted octanol–water partition coefficient (Wildman–Crippen LogP) is 1.74. The monoisotopic (exact) mass is 274 g/mol. The number of aryl methyl sites for hydroxylation is 1. The van der Waals surface area contributed by atoms with Crippen LogP contribution in [0.2, 0.25) is 0 Å². The van der Waals surface area contributed by atoms with Crippen LogP contribution in [0.1, 0.15) is 23.0 Å². The van der Waals surface area contributed by atoms with Gasteiger partial charge in [0, 0.05) is 30.4 Å². The van der Waals surface area contributed by atoms with Gasteiger partial charge < -0.3 is 5.32 Å². The average Bonchev–Trinajstić information content (AvgIpc) is 2.93. The third-order valence-electron chi connectivity index (χ3n) is 2.77. The van der Waals surface area contributed by atoms with Crippen LogP contribution in [0.25, 0.3) is 0 Å². The van der Waals surface area contributed by atoms with Crippen molar-refractivity contribution < 1.29 is 9.72 Å². The second-order valence-corrected chi connectivity index (χ2v) is 4.15. The maximum absolute atomic E-state index is 11.9. The number of benzene rings is 1. The average molecular weight is 274 g/mol. The Morgan fingerprint density at radius 2 is 2.25 bits per heavy atom. The first kappa shape index (κ1) is 13.7. The Kier molecular flexibility index (Phi) is 4.09. The van der Waals surface area contributed by atoms with E-state index in [2.05, 4.69) is 10.4 Å². The molecule has 0 fully saturated rings. The van der Waals surface area contributed by atoms with Crippen molar-refractivity contribution in [3.8, 4) is 0 Å². The summed E-state index contributed by atoms with van der Waals surface area (Å²) in [6.07, 6.45) is 1.83. The molecule has 0 aliphatic rings. The van der Waals surface area contributed by atoms with Gasteiger partial charge in [0.25, 0.3) is 11.6 Å². The number of nitrogens with zero attached hydrogens (tertiary/aromatic N) is 3. The van der Waals surface area contributed by atoms with E-state index in [1.54, 1.807) is 4.68 Å². The van der Waals surface area contributed by atoms with Crippen LogP contribution in [0.15, 0.2) is 36.5 Å². The van der Waals surface area contributed by atoms with Crippen LogP contribution in [-0.4, -0.2) is 20.6 Å². The molecule has 104 valence electrons. The number of amides is 1. The van der Waals surface area contributed by atoms with Crippen molar-refractivity contribution >= 4 is 11.6 Å². The Bertz CT molecular complexity index is 636. The van der Waals surface area contributed by atoms with Gasteiger partial charge in [-0.2, -0.15) is 5.10 Å². The van der Waals surface area contributed by atoms with Crippen molar-refractivity contribution in [1.82, 2.24) is 15.1 Å². The lowest BCUT2D eigenvalue weighted by Gasteiger charge is -2.03. The van der Waals surface area contributed by atoms with E-state index in [4.69, 9.17) is 0 Å². The van der Waals surface area contributed by atoms with Crippen molar-refractivity contribution in [1.29, 1.82) is 0 Å². The first-order valence-electron chi connectivity index (χ1n) is 6.15. The molecule has 0 radical (unpaired) electrons. The summed E-state index contributed by atoms with van der Waals surface area (Å²) in [5.74, 6) is -0.361. The van der Waals surface area contributed by atoms with Gasteiger partial charge in [-0.05, 0) is 19.1 Å². The molecule has 1 amide bonds. The van der Waals surface area contributed by atoms with Crippen LogP contribution in [-0.2, 0) is 13.1 Å². The number of hydrogen-bond acceptors (Lipinski definition) is 4. The van der Waals surface area contributed by atoms with Crippen LogP contribution < -0.4 is 5.32 Å². The summed E-state index contributed by atoms with van der Waals surface area (Å²) in [5, 5.41) is 17.6. The number of nitrogens with one attached hydrogen (secondary N) is 1. The van der Waals surface area contributed by atoms with E-state index in [1.807, 2.05) is 19.2 Å². The van der Waals surface area contributed by atoms with Crippen LogP contribution >= 0.6 is 0 Å². The lowest BCUT2D eigenvalue weighted by atomic mass is 10.2. The topological polar surface area (TPSA) is 90.1 Å². The van der Waals surface area contributed by atoms with E-state index in [1.165, 1.54) is 24.3 Å². The summed E-state index contributed by atoms with van der Waals surface area (Å²) in [4.78, 5) is 22.0. The molecule has 0 bridgehead atoms. The number of carbonyl (C=O) groups is 1. The molecule has 1 aromatic heterocycles. The highest BCUT2D eigenvalue weighted by Gasteiger charge is 2.11. The van der Waals surface area contributed by atoms with Gasteiger partial charge in [-0.3, -0.25) is 19.6 Å². The molecule has 0 aliphatic carbocycles. The molecule has 0 spiro atoms. The zero-order valence-electron chi connectivity index (χ0n) is 10.9. The summed E-state index contributed by atoms with van der Waals surface area (Å²) in [6, 6.07) is 7.43. The Morgan fingerprint density at radius 3 is 2.90 bits per heavy atom. The quantitative estimate of drug-likeness (QED) is 0.664. The highest BCUT2D eigenvalue weighted by atomic mass is 16.6. The van der Waals surface area contributed by atoms with Crippen LogP contribution in [0.3, 0.4) is 0 Å². The van der Waals surface area contributed by atoms with E-state index in [0.717, 1.165) is 12.2 Å². The maximum atomic E-state index is 11.9. The fourth-order valence-electron chi connectivity index (χ4n) is 1.71. The highest BCUT2D eigenvalue weighted by molar-refractivity contribution is 5.94.